The molecule has 0 fully saturated rings. The summed E-state index contributed by atoms with van der Waals surface area (Å²) in [6.07, 6.45) is 8.37. The molecule has 2 aromatic rings. The van der Waals surface area contributed by atoms with Crippen molar-refractivity contribution < 1.29 is 0 Å². The van der Waals surface area contributed by atoms with Crippen LogP contribution in [0, 0.1) is 6.92 Å². The number of hydrogen-bond donors (Lipinski definition) is 2. The molecule has 0 spiro atoms. The Hall–Kier alpha value is -1.62. The summed E-state index contributed by atoms with van der Waals surface area (Å²) in [7, 11) is 0. The number of nitrogens with zero attached hydrogens (tertiary/aromatic N) is 3. The van der Waals surface area contributed by atoms with Crippen LogP contribution >= 0.6 is 0 Å². The summed E-state index contributed by atoms with van der Waals surface area (Å²) in [4.78, 5) is 4.48. The standard InChI is InChI=1S/C13H19N5/c1-10-12(9-16-17-10)8-14-7-11-3-2-5-18-6-4-15-13(11)18/h4,6,9,11,14H,2-3,5,7-8H2,1H3,(H,16,17). The van der Waals surface area contributed by atoms with Crippen LogP contribution in [-0.2, 0) is 13.1 Å². The first kappa shape index (κ1) is 11.5. The Kier molecular flexibility index (Phi) is 3.15. The van der Waals surface area contributed by atoms with Crippen molar-refractivity contribution in [1.29, 1.82) is 0 Å². The summed E-state index contributed by atoms with van der Waals surface area (Å²) in [6.45, 7) is 5.03. The van der Waals surface area contributed by atoms with Crippen LogP contribution in [0.4, 0.5) is 0 Å². The van der Waals surface area contributed by atoms with E-state index in [4.69, 9.17) is 0 Å². The van der Waals surface area contributed by atoms with Gasteiger partial charge in [0, 0.05) is 49.2 Å². The third kappa shape index (κ3) is 2.18. The van der Waals surface area contributed by atoms with E-state index in [1.807, 2.05) is 12.4 Å². The second-order valence-electron chi connectivity index (χ2n) is 4.97. The second-order valence-corrected chi connectivity index (χ2v) is 4.97. The Bertz CT molecular complexity index is 513. The van der Waals surface area contributed by atoms with Gasteiger partial charge in [-0.05, 0) is 19.8 Å². The quantitative estimate of drug-likeness (QED) is 0.860. The lowest BCUT2D eigenvalue weighted by Crippen LogP contribution is -2.26. The maximum Gasteiger partial charge on any atom is 0.113 e. The van der Waals surface area contributed by atoms with E-state index in [-0.39, 0.29) is 0 Å². The summed E-state index contributed by atoms with van der Waals surface area (Å²) in [5.41, 5.74) is 2.39. The van der Waals surface area contributed by atoms with E-state index in [0.717, 1.165) is 25.3 Å². The molecule has 0 radical (unpaired) electrons. The molecular weight excluding hydrogens is 226 g/mol. The lowest BCUT2D eigenvalue weighted by molar-refractivity contribution is 0.423. The minimum absolute atomic E-state index is 0.543. The summed E-state index contributed by atoms with van der Waals surface area (Å²) in [5, 5.41) is 10.5. The summed E-state index contributed by atoms with van der Waals surface area (Å²) < 4.78 is 2.28. The lowest BCUT2D eigenvalue weighted by atomic mass is 9.99. The van der Waals surface area contributed by atoms with Crippen molar-refractivity contribution in [3.05, 3.63) is 35.7 Å². The first-order valence-electron chi connectivity index (χ1n) is 6.55. The fourth-order valence-corrected chi connectivity index (χ4v) is 2.64. The Morgan fingerprint density at radius 2 is 2.50 bits per heavy atom. The van der Waals surface area contributed by atoms with Crippen LogP contribution in [0.2, 0.25) is 0 Å². The van der Waals surface area contributed by atoms with Crippen molar-refractivity contribution in [2.75, 3.05) is 6.54 Å². The van der Waals surface area contributed by atoms with E-state index in [9.17, 15) is 0 Å². The normalized spacial score (nSPS) is 18.8. The van der Waals surface area contributed by atoms with Gasteiger partial charge in [-0.25, -0.2) is 4.98 Å². The van der Waals surface area contributed by atoms with Gasteiger partial charge in [-0.15, -0.1) is 0 Å². The maximum atomic E-state index is 4.48. The van der Waals surface area contributed by atoms with Gasteiger partial charge < -0.3 is 9.88 Å². The van der Waals surface area contributed by atoms with Crippen molar-refractivity contribution in [2.45, 2.75) is 38.8 Å². The molecule has 2 N–H and O–H groups in total. The second kappa shape index (κ2) is 4.94. The number of aromatic amines is 1. The zero-order chi connectivity index (χ0) is 12.4. The topological polar surface area (TPSA) is 58.5 Å². The average molecular weight is 245 g/mol. The maximum absolute atomic E-state index is 4.48. The molecule has 5 nitrogen and oxygen atoms in total. The van der Waals surface area contributed by atoms with E-state index < -0.39 is 0 Å². The van der Waals surface area contributed by atoms with Crippen molar-refractivity contribution in [1.82, 2.24) is 25.1 Å². The van der Waals surface area contributed by atoms with Gasteiger partial charge in [-0.3, -0.25) is 5.10 Å². The molecule has 0 saturated heterocycles. The van der Waals surface area contributed by atoms with Crippen LogP contribution in [-0.4, -0.2) is 26.3 Å². The van der Waals surface area contributed by atoms with Gasteiger partial charge in [0.05, 0.1) is 6.20 Å². The highest BCUT2D eigenvalue weighted by Gasteiger charge is 2.20. The number of imidazole rings is 1. The molecule has 3 rings (SSSR count). The van der Waals surface area contributed by atoms with Gasteiger partial charge in [0.15, 0.2) is 0 Å². The van der Waals surface area contributed by atoms with Crippen LogP contribution in [0.1, 0.15) is 35.8 Å². The van der Waals surface area contributed by atoms with E-state index in [0.29, 0.717) is 5.92 Å². The van der Waals surface area contributed by atoms with Crippen molar-refractivity contribution in [3.63, 3.8) is 0 Å². The first-order valence-corrected chi connectivity index (χ1v) is 6.55. The third-order valence-corrected chi connectivity index (χ3v) is 3.70. The number of H-pyrrole nitrogens is 1. The predicted octanol–water partition coefficient (Wildman–Crippen LogP) is 1.58. The molecular formula is C13H19N5. The largest absolute Gasteiger partial charge is 0.335 e. The molecule has 0 amide bonds. The average Bonchev–Trinajstić information content (AvgIpc) is 2.99. The SMILES string of the molecule is Cc1[nH]ncc1CNCC1CCCn2ccnc21. The van der Waals surface area contributed by atoms with Crippen molar-refractivity contribution in [2.24, 2.45) is 0 Å². The molecule has 1 aliphatic heterocycles. The zero-order valence-electron chi connectivity index (χ0n) is 10.7. The van der Waals surface area contributed by atoms with E-state index in [1.54, 1.807) is 0 Å². The molecule has 5 heteroatoms. The van der Waals surface area contributed by atoms with Crippen molar-refractivity contribution in [3.8, 4) is 0 Å². The van der Waals surface area contributed by atoms with Crippen LogP contribution in [0.25, 0.3) is 0 Å². The molecule has 0 aromatic carbocycles. The highest BCUT2D eigenvalue weighted by atomic mass is 15.1. The summed E-state index contributed by atoms with van der Waals surface area (Å²) in [6, 6.07) is 0. The van der Waals surface area contributed by atoms with E-state index in [2.05, 4.69) is 38.2 Å². The van der Waals surface area contributed by atoms with E-state index in [1.165, 1.54) is 24.2 Å². The van der Waals surface area contributed by atoms with Crippen LogP contribution < -0.4 is 5.32 Å². The number of fused-ring (bicyclic) bond motifs is 1. The number of hydrogen-bond acceptors (Lipinski definition) is 3. The molecule has 3 heterocycles. The predicted molar refractivity (Wildman–Crippen MR) is 69.2 cm³/mol. The van der Waals surface area contributed by atoms with Gasteiger partial charge in [-0.2, -0.15) is 5.10 Å². The number of aromatic nitrogens is 4. The number of rotatable bonds is 4. The lowest BCUT2D eigenvalue weighted by Gasteiger charge is -2.23. The minimum Gasteiger partial charge on any atom is -0.335 e. The monoisotopic (exact) mass is 245 g/mol. The molecule has 1 atom stereocenters. The molecule has 0 bridgehead atoms. The molecule has 0 aliphatic carbocycles. The van der Waals surface area contributed by atoms with Gasteiger partial charge in [-0.1, -0.05) is 0 Å². The zero-order valence-corrected chi connectivity index (χ0v) is 10.7. The molecule has 18 heavy (non-hydrogen) atoms. The number of aryl methyl sites for hydroxylation is 2. The molecule has 0 saturated carbocycles. The Morgan fingerprint density at radius 3 is 3.33 bits per heavy atom. The summed E-state index contributed by atoms with van der Waals surface area (Å²) in [5.74, 6) is 1.78. The molecule has 1 unspecified atom stereocenters. The van der Waals surface area contributed by atoms with Gasteiger partial charge in [0.2, 0.25) is 0 Å². The highest BCUT2D eigenvalue weighted by Crippen LogP contribution is 2.24. The first-order chi connectivity index (χ1) is 8.84. The van der Waals surface area contributed by atoms with Gasteiger partial charge in [0.1, 0.15) is 5.82 Å². The Balaban J connectivity index is 1.57. The molecule has 1 aliphatic rings. The van der Waals surface area contributed by atoms with Gasteiger partial charge in [0.25, 0.3) is 0 Å². The van der Waals surface area contributed by atoms with Gasteiger partial charge >= 0.3 is 0 Å². The third-order valence-electron chi connectivity index (χ3n) is 3.70. The minimum atomic E-state index is 0.543. The number of nitrogens with one attached hydrogen (secondary N) is 2. The molecule has 2 aromatic heterocycles. The summed E-state index contributed by atoms with van der Waals surface area (Å²) >= 11 is 0. The smallest absolute Gasteiger partial charge is 0.113 e. The van der Waals surface area contributed by atoms with Crippen LogP contribution in [0.5, 0.6) is 0 Å². The Morgan fingerprint density at radius 1 is 1.56 bits per heavy atom. The van der Waals surface area contributed by atoms with Crippen molar-refractivity contribution >= 4 is 0 Å². The fraction of sp³-hybridized carbons (Fsp3) is 0.538. The van der Waals surface area contributed by atoms with Crippen LogP contribution in [0.15, 0.2) is 18.6 Å². The fourth-order valence-electron chi connectivity index (χ4n) is 2.64. The molecule has 96 valence electrons. The van der Waals surface area contributed by atoms with Crippen LogP contribution in [0.3, 0.4) is 0 Å². The highest BCUT2D eigenvalue weighted by molar-refractivity contribution is 5.14. The Labute approximate surface area is 107 Å². The van der Waals surface area contributed by atoms with E-state index >= 15 is 0 Å².